The molecule has 84 valence electrons. The molecule has 0 unspecified atom stereocenters. The second-order valence-electron chi connectivity index (χ2n) is 3.36. The predicted octanol–water partition coefficient (Wildman–Crippen LogP) is 1.74. The van der Waals surface area contributed by atoms with E-state index in [1.165, 1.54) is 0 Å². The summed E-state index contributed by atoms with van der Waals surface area (Å²) in [6.07, 6.45) is 0. The van der Waals surface area contributed by atoms with Gasteiger partial charge in [0.25, 0.3) is 0 Å². The van der Waals surface area contributed by atoms with Crippen molar-refractivity contribution < 1.29 is 9.26 Å². The number of aromatic amines is 1. The number of benzene rings is 1. The number of H-pyrrole nitrogens is 1. The van der Waals surface area contributed by atoms with Crippen molar-refractivity contribution in [2.75, 3.05) is 6.61 Å². The first kappa shape index (κ1) is 10.5. The minimum Gasteiger partial charge on any atom is -0.494 e. The van der Waals surface area contributed by atoms with Crippen molar-refractivity contribution >= 4 is 0 Å². The number of ether oxygens (including phenoxy) is 1. The fourth-order valence-corrected chi connectivity index (χ4v) is 1.47. The van der Waals surface area contributed by atoms with Gasteiger partial charge in [0.2, 0.25) is 0 Å². The molecule has 0 atom stereocenters. The van der Waals surface area contributed by atoms with E-state index in [0.717, 1.165) is 16.9 Å². The van der Waals surface area contributed by atoms with Crippen LogP contribution in [0, 0.1) is 6.92 Å². The third kappa shape index (κ3) is 1.98. The summed E-state index contributed by atoms with van der Waals surface area (Å²) >= 11 is 0. The first-order chi connectivity index (χ1) is 7.70. The van der Waals surface area contributed by atoms with Gasteiger partial charge in [0.15, 0.2) is 5.82 Å². The average Bonchev–Trinajstić information content (AvgIpc) is 2.68. The highest BCUT2D eigenvalue weighted by molar-refractivity contribution is 5.57. The van der Waals surface area contributed by atoms with E-state index in [4.69, 9.17) is 4.74 Å². The molecule has 0 aliphatic heterocycles. The summed E-state index contributed by atoms with van der Waals surface area (Å²) in [6, 6.07) is 5.56. The third-order valence-corrected chi connectivity index (χ3v) is 2.19. The lowest BCUT2D eigenvalue weighted by Gasteiger charge is -2.07. The average molecular weight is 220 g/mol. The van der Waals surface area contributed by atoms with E-state index in [2.05, 4.69) is 14.7 Å². The zero-order valence-corrected chi connectivity index (χ0v) is 9.11. The zero-order valence-electron chi connectivity index (χ0n) is 9.11. The van der Waals surface area contributed by atoms with E-state index in [-0.39, 0.29) is 0 Å². The first-order valence-electron chi connectivity index (χ1n) is 5.00. The largest absolute Gasteiger partial charge is 0.494 e. The van der Waals surface area contributed by atoms with Crippen LogP contribution in [-0.4, -0.2) is 16.7 Å². The number of nitrogens with zero attached hydrogens (tertiary/aromatic N) is 1. The Hall–Kier alpha value is -2.04. The summed E-state index contributed by atoms with van der Waals surface area (Å²) in [6.45, 7) is 4.50. The van der Waals surface area contributed by atoms with Gasteiger partial charge in [-0.15, -0.1) is 0 Å². The topological polar surface area (TPSA) is 68.1 Å². The number of hydrogen-bond acceptors (Lipinski definition) is 4. The molecule has 16 heavy (non-hydrogen) atoms. The Kier molecular flexibility index (Phi) is 2.76. The lowest BCUT2D eigenvalue weighted by molar-refractivity contribution is 0.338. The van der Waals surface area contributed by atoms with Gasteiger partial charge in [-0.2, -0.15) is 0 Å². The Morgan fingerprint density at radius 2 is 2.31 bits per heavy atom. The van der Waals surface area contributed by atoms with Gasteiger partial charge in [0, 0.05) is 5.56 Å². The van der Waals surface area contributed by atoms with Crippen LogP contribution < -0.4 is 10.5 Å². The molecule has 0 saturated carbocycles. The van der Waals surface area contributed by atoms with E-state index in [1.54, 1.807) is 0 Å². The molecule has 2 rings (SSSR count). The molecule has 1 aromatic carbocycles. The molecule has 5 nitrogen and oxygen atoms in total. The number of rotatable bonds is 3. The van der Waals surface area contributed by atoms with Crippen LogP contribution in [-0.2, 0) is 0 Å². The first-order valence-corrected chi connectivity index (χ1v) is 5.00. The molecule has 5 heteroatoms. The molecule has 0 radical (unpaired) electrons. The highest BCUT2D eigenvalue weighted by atomic mass is 16.5. The van der Waals surface area contributed by atoms with Crippen LogP contribution in [0.5, 0.6) is 5.75 Å². The number of aromatic nitrogens is 2. The summed E-state index contributed by atoms with van der Waals surface area (Å²) in [5.41, 5.74) is 1.79. The highest BCUT2D eigenvalue weighted by Crippen LogP contribution is 2.23. The van der Waals surface area contributed by atoms with E-state index in [1.807, 2.05) is 32.0 Å². The van der Waals surface area contributed by atoms with E-state index in [9.17, 15) is 4.79 Å². The summed E-state index contributed by atoms with van der Waals surface area (Å²) < 4.78 is 9.86. The van der Waals surface area contributed by atoms with Gasteiger partial charge in [-0.3, -0.25) is 9.51 Å². The van der Waals surface area contributed by atoms with Gasteiger partial charge in [-0.05, 0) is 37.6 Å². The van der Waals surface area contributed by atoms with Crippen molar-refractivity contribution in [3.05, 3.63) is 34.3 Å². The molecule has 2 aromatic rings. The van der Waals surface area contributed by atoms with Gasteiger partial charge >= 0.3 is 5.76 Å². The van der Waals surface area contributed by atoms with Crippen LogP contribution in [0.1, 0.15) is 12.5 Å². The summed E-state index contributed by atoms with van der Waals surface area (Å²) in [5.74, 6) is 0.703. The van der Waals surface area contributed by atoms with Crippen molar-refractivity contribution in [3.8, 4) is 17.1 Å². The Labute approximate surface area is 92.0 Å². The van der Waals surface area contributed by atoms with Crippen LogP contribution in [0.3, 0.4) is 0 Å². The smallest absolute Gasteiger partial charge is 0.439 e. The fourth-order valence-electron chi connectivity index (χ4n) is 1.47. The van der Waals surface area contributed by atoms with Crippen molar-refractivity contribution in [1.82, 2.24) is 10.1 Å². The van der Waals surface area contributed by atoms with Crippen LogP contribution in [0.15, 0.2) is 27.5 Å². The van der Waals surface area contributed by atoms with Gasteiger partial charge in [-0.1, -0.05) is 5.16 Å². The van der Waals surface area contributed by atoms with Crippen LogP contribution in [0.4, 0.5) is 0 Å². The molecule has 0 bridgehead atoms. The molecule has 0 spiro atoms. The lowest BCUT2D eigenvalue weighted by atomic mass is 10.1. The monoisotopic (exact) mass is 220 g/mol. The normalized spacial score (nSPS) is 10.4. The van der Waals surface area contributed by atoms with Gasteiger partial charge < -0.3 is 4.74 Å². The fraction of sp³-hybridized carbons (Fsp3) is 0.273. The lowest BCUT2D eigenvalue weighted by Crippen LogP contribution is -1.96. The quantitative estimate of drug-likeness (QED) is 0.855. The van der Waals surface area contributed by atoms with Crippen molar-refractivity contribution in [1.29, 1.82) is 0 Å². The molecule has 1 heterocycles. The number of hydrogen-bond donors (Lipinski definition) is 1. The van der Waals surface area contributed by atoms with Crippen LogP contribution in [0.25, 0.3) is 11.4 Å². The minimum atomic E-state index is -0.554. The Balaban J connectivity index is 2.37. The Morgan fingerprint density at radius 1 is 1.50 bits per heavy atom. The molecule has 0 fully saturated rings. The maximum Gasteiger partial charge on any atom is 0.439 e. The van der Waals surface area contributed by atoms with Crippen LogP contribution in [0.2, 0.25) is 0 Å². The number of aryl methyl sites for hydroxylation is 1. The second kappa shape index (κ2) is 4.22. The highest BCUT2D eigenvalue weighted by Gasteiger charge is 2.06. The Bertz CT molecular complexity index is 542. The van der Waals surface area contributed by atoms with E-state index >= 15 is 0 Å². The number of nitrogens with one attached hydrogen (secondary N) is 1. The minimum absolute atomic E-state index is 0.427. The van der Waals surface area contributed by atoms with Gasteiger partial charge in [0.1, 0.15) is 5.75 Å². The van der Waals surface area contributed by atoms with Crippen molar-refractivity contribution in [3.63, 3.8) is 0 Å². The SMILES string of the molecule is CCOc1ccc(-c2noc(=O)[nH]2)cc1C. The zero-order chi connectivity index (χ0) is 11.5. The van der Waals surface area contributed by atoms with Crippen molar-refractivity contribution in [2.45, 2.75) is 13.8 Å². The van der Waals surface area contributed by atoms with Crippen LogP contribution >= 0.6 is 0 Å². The molecule has 0 saturated heterocycles. The third-order valence-electron chi connectivity index (χ3n) is 2.19. The predicted molar refractivity (Wildman–Crippen MR) is 58.5 cm³/mol. The van der Waals surface area contributed by atoms with Gasteiger partial charge in [-0.25, -0.2) is 4.79 Å². The molecule has 1 aromatic heterocycles. The summed E-state index contributed by atoms with van der Waals surface area (Å²) in [7, 11) is 0. The maximum atomic E-state index is 10.8. The molecular weight excluding hydrogens is 208 g/mol. The summed E-state index contributed by atoms with van der Waals surface area (Å²) in [4.78, 5) is 13.3. The van der Waals surface area contributed by atoms with Gasteiger partial charge in [0.05, 0.1) is 6.61 Å². The van der Waals surface area contributed by atoms with Crippen molar-refractivity contribution in [2.24, 2.45) is 0 Å². The van der Waals surface area contributed by atoms with E-state index in [0.29, 0.717) is 12.4 Å². The Morgan fingerprint density at radius 3 is 2.88 bits per heavy atom. The molecule has 0 amide bonds. The van der Waals surface area contributed by atoms with E-state index < -0.39 is 5.76 Å². The molecule has 1 N–H and O–H groups in total. The maximum absolute atomic E-state index is 10.8. The molecule has 0 aliphatic rings. The molecular formula is C11H12N2O3. The second-order valence-corrected chi connectivity index (χ2v) is 3.36. The standard InChI is InChI=1S/C11H12N2O3/c1-3-15-9-5-4-8(6-7(9)2)10-12-11(14)16-13-10/h4-6H,3H2,1-2H3,(H,12,13,14). The molecule has 0 aliphatic carbocycles. The summed E-state index contributed by atoms with van der Waals surface area (Å²) in [5, 5.41) is 3.62.